The lowest BCUT2D eigenvalue weighted by molar-refractivity contribution is 0.240. The van der Waals surface area contributed by atoms with Crippen molar-refractivity contribution in [1.82, 2.24) is 20.6 Å². The van der Waals surface area contributed by atoms with Crippen LogP contribution in [0.2, 0.25) is 0 Å². The number of nitrogens with one attached hydrogen (secondary N) is 3. The van der Waals surface area contributed by atoms with Crippen molar-refractivity contribution in [3.8, 4) is 5.88 Å². The summed E-state index contributed by atoms with van der Waals surface area (Å²) < 4.78 is 5.01. The van der Waals surface area contributed by atoms with Gasteiger partial charge < -0.3 is 20.4 Å². The molecule has 2 aromatic rings. The van der Waals surface area contributed by atoms with Crippen LogP contribution in [-0.4, -0.2) is 23.1 Å². The van der Waals surface area contributed by atoms with E-state index in [-0.39, 0.29) is 18.1 Å². The molecule has 2 rings (SSSR count). The summed E-state index contributed by atoms with van der Waals surface area (Å²) in [5.74, 6) is 0.492. The van der Waals surface area contributed by atoms with Crippen LogP contribution in [0.3, 0.4) is 0 Å². The number of methoxy groups -OCH3 is 1. The van der Waals surface area contributed by atoms with Crippen molar-refractivity contribution < 1.29 is 9.53 Å². The molecule has 116 valence electrons. The monoisotopic (exact) mass is 302 g/mol. The van der Waals surface area contributed by atoms with Crippen LogP contribution in [0, 0.1) is 6.92 Å². The van der Waals surface area contributed by atoms with Gasteiger partial charge in [-0.1, -0.05) is 0 Å². The Hall–Kier alpha value is -2.83. The first kappa shape index (κ1) is 15.6. The van der Waals surface area contributed by atoms with Gasteiger partial charge in [-0.05, 0) is 30.2 Å². The van der Waals surface area contributed by atoms with Crippen molar-refractivity contribution in [3.05, 3.63) is 57.6 Å². The average Bonchev–Trinajstić information content (AvgIpc) is 2.54. The van der Waals surface area contributed by atoms with Crippen LogP contribution in [0.25, 0.3) is 0 Å². The number of urea groups is 1. The molecule has 0 spiro atoms. The molecule has 0 aliphatic rings. The summed E-state index contributed by atoms with van der Waals surface area (Å²) >= 11 is 0. The van der Waals surface area contributed by atoms with Gasteiger partial charge in [-0.15, -0.1) is 0 Å². The Morgan fingerprint density at radius 1 is 1.32 bits per heavy atom. The third-order valence-electron chi connectivity index (χ3n) is 3.03. The maximum atomic E-state index is 11.8. The Bertz CT molecular complexity index is 712. The SMILES string of the molecule is COc1cc(CNC(=O)NCc2cc(C)c[nH]c2=O)ccn1. The Labute approximate surface area is 127 Å². The molecule has 0 radical (unpaired) electrons. The molecule has 0 aliphatic carbocycles. The molecule has 0 saturated heterocycles. The van der Waals surface area contributed by atoms with Gasteiger partial charge in [-0.3, -0.25) is 4.79 Å². The highest BCUT2D eigenvalue weighted by atomic mass is 16.5. The minimum absolute atomic E-state index is 0.169. The molecule has 0 fully saturated rings. The summed E-state index contributed by atoms with van der Waals surface area (Å²) in [5, 5.41) is 5.36. The predicted octanol–water partition coefficient (Wildman–Crippen LogP) is 1.09. The number of hydrogen-bond donors (Lipinski definition) is 3. The van der Waals surface area contributed by atoms with Crippen molar-refractivity contribution in [2.24, 2.45) is 0 Å². The second-order valence-electron chi connectivity index (χ2n) is 4.77. The van der Waals surface area contributed by atoms with Gasteiger partial charge in [0.05, 0.1) is 7.11 Å². The van der Waals surface area contributed by atoms with Gasteiger partial charge in [0, 0.05) is 37.1 Å². The smallest absolute Gasteiger partial charge is 0.315 e. The summed E-state index contributed by atoms with van der Waals surface area (Å²) in [6.07, 6.45) is 3.24. The summed E-state index contributed by atoms with van der Waals surface area (Å²) in [4.78, 5) is 29.9. The summed E-state index contributed by atoms with van der Waals surface area (Å²) in [7, 11) is 1.53. The van der Waals surface area contributed by atoms with E-state index in [1.54, 1.807) is 30.6 Å². The van der Waals surface area contributed by atoms with Gasteiger partial charge in [-0.25, -0.2) is 9.78 Å². The summed E-state index contributed by atoms with van der Waals surface area (Å²) in [5.41, 5.74) is 2.11. The third kappa shape index (κ3) is 4.34. The lowest BCUT2D eigenvalue weighted by Gasteiger charge is -2.08. The predicted molar refractivity (Wildman–Crippen MR) is 81.7 cm³/mol. The molecule has 2 heterocycles. The molecule has 0 unspecified atom stereocenters. The van der Waals surface area contributed by atoms with Gasteiger partial charge in [0.1, 0.15) is 0 Å². The van der Waals surface area contributed by atoms with Gasteiger partial charge in [0.25, 0.3) is 5.56 Å². The number of carbonyl (C=O) groups excluding carboxylic acids is 1. The van der Waals surface area contributed by atoms with Crippen molar-refractivity contribution in [2.45, 2.75) is 20.0 Å². The van der Waals surface area contributed by atoms with Crippen LogP contribution in [-0.2, 0) is 13.1 Å². The minimum atomic E-state index is -0.350. The fraction of sp³-hybridized carbons (Fsp3) is 0.267. The zero-order valence-electron chi connectivity index (χ0n) is 12.5. The van der Waals surface area contributed by atoms with E-state index in [0.29, 0.717) is 18.0 Å². The number of aromatic amines is 1. The number of hydrogen-bond acceptors (Lipinski definition) is 4. The van der Waals surface area contributed by atoms with Gasteiger partial charge in [-0.2, -0.15) is 0 Å². The highest BCUT2D eigenvalue weighted by molar-refractivity contribution is 5.73. The molecule has 0 aliphatic heterocycles. The van der Waals surface area contributed by atoms with Gasteiger partial charge in [0.15, 0.2) is 0 Å². The highest BCUT2D eigenvalue weighted by Crippen LogP contribution is 2.07. The molecule has 7 nitrogen and oxygen atoms in total. The number of aryl methyl sites for hydroxylation is 1. The molecule has 0 atom stereocenters. The quantitative estimate of drug-likeness (QED) is 0.770. The van der Waals surface area contributed by atoms with Gasteiger partial charge >= 0.3 is 6.03 Å². The van der Waals surface area contributed by atoms with Crippen LogP contribution in [0.1, 0.15) is 16.7 Å². The summed E-state index contributed by atoms with van der Waals surface area (Å²) in [6, 6.07) is 4.92. The molecule has 7 heteroatoms. The first-order valence-corrected chi connectivity index (χ1v) is 6.77. The normalized spacial score (nSPS) is 10.1. The molecule has 2 amide bonds. The largest absolute Gasteiger partial charge is 0.481 e. The second kappa shape index (κ2) is 7.26. The Kier molecular flexibility index (Phi) is 5.13. The van der Waals surface area contributed by atoms with Gasteiger partial charge in [0.2, 0.25) is 5.88 Å². The first-order chi connectivity index (χ1) is 10.6. The van der Waals surface area contributed by atoms with Crippen LogP contribution >= 0.6 is 0 Å². The number of rotatable bonds is 5. The molecule has 3 N–H and O–H groups in total. The first-order valence-electron chi connectivity index (χ1n) is 6.77. The molecular weight excluding hydrogens is 284 g/mol. The molecule has 0 saturated carbocycles. The van der Waals surface area contributed by atoms with Crippen molar-refractivity contribution in [3.63, 3.8) is 0 Å². The van der Waals surface area contributed by atoms with E-state index >= 15 is 0 Å². The number of ether oxygens (including phenoxy) is 1. The number of amides is 2. The van der Waals surface area contributed by atoms with E-state index in [0.717, 1.165) is 11.1 Å². The van der Waals surface area contributed by atoms with E-state index in [1.165, 1.54) is 7.11 Å². The van der Waals surface area contributed by atoms with E-state index in [4.69, 9.17) is 4.74 Å². The zero-order chi connectivity index (χ0) is 15.9. The number of pyridine rings is 2. The Morgan fingerprint density at radius 2 is 2.09 bits per heavy atom. The Morgan fingerprint density at radius 3 is 2.86 bits per heavy atom. The molecule has 2 aromatic heterocycles. The lowest BCUT2D eigenvalue weighted by Crippen LogP contribution is -2.35. The Balaban J connectivity index is 1.85. The number of H-pyrrole nitrogens is 1. The van der Waals surface area contributed by atoms with E-state index in [1.807, 2.05) is 6.92 Å². The molecule has 0 bridgehead atoms. The molecule has 22 heavy (non-hydrogen) atoms. The van der Waals surface area contributed by atoms with E-state index in [2.05, 4.69) is 20.6 Å². The maximum absolute atomic E-state index is 11.8. The number of aromatic nitrogens is 2. The minimum Gasteiger partial charge on any atom is -0.481 e. The number of carbonyl (C=O) groups is 1. The van der Waals surface area contributed by atoms with Crippen molar-refractivity contribution in [1.29, 1.82) is 0 Å². The molecule has 0 aromatic carbocycles. The average molecular weight is 302 g/mol. The van der Waals surface area contributed by atoms with Crippen LogP contribution in [0.15, 0.2) is 35.4 Å². The molecular formula is C15H18N4O3. The topological polar surface area (TPSA) is 96.1 Å². The van der Waals surface area contributed by atoms with Crippen LogP contribution < -0.4 is 20.9 Å². The summed E-state index contributed by atoms with van der Waals surface area (Å²) in [6.45, 7) is 2.38. The van der Waals surface area contributed by atoms with Crippen LogP contribution in [0.4, 0.5) is 4.79 Å². The van der Waals surface area contributed by atoms with E-state index < -0.39 is 0 Å². The second-order valence-corrected chi connectivity index (χ2v) is 4.77. The fourth-order valence-electron chi connectivity index (χ4n) is 1.88. The highest BCUT2D eigenvalue weighted by Gasteiger charge is 2.04. The van der Waals surface area contributed by atoms with Crippen molar-refractivity contribution >= 4 is 6.03 Å². The van der Waals surface area contributed by atoms with E-state index in [9.17, 15) is 9.59 Å². The fourth-order valence-corrected chi connectivity index (χ4v) is 1.88. The van der Waals surface area contributed by atoms with Crippen molar-refractivity contribution in [2.75, 3.05) is 7.11 Å². The maximum Gasteiger partial charge on any atom is 0.315 e. The third-order valence-corrected chi connectivity index (χ3v) is 3.03. The zero-order valence-corrected chi connectivity index (χ0v) is 12.5. The number of nitrogens with zero attached hydrogens (tertiary/aromatic N) is 1. The van der Waals surface area contributed by atoms with Crippen LogP contribution in [0.5, 0.6) is 5.88 Å². The lowest BCUT2D eigenvalue weighted by atomic mass is 10.2. The standard InChI is InChI=1S/C15H18N4O3/c1-10-5-12(14(20)17-7-10)9-19-15(21)18-8-11-3-4-16-13(6-11)22-2/h3-7H,8-9H2,1-2H3,(H,17,20)(H2,18,19,21).